The van der Waals surface area contributed by atoms with Crippen LogP contribution in [0.4, 0.5) is 0 Å². The van der Waals surface area contributed by atoms with Crippen molar-refractivity contribution in [2.75, 3.05) is 0 Å². The first-order chi connectivity index (χ1) is 7.77. The molecule has 5 heteroatoms. The van der Waals surface area contributed by atoms with Crippen LogP contribution < -0.4 is 5.32 Å². The van der Waals surface area contributed by atoms with Gasteiger partial charge in [0.1, 0.15) is 5.69 Å². The van der Waals surface area contributed by atoms with E-state index in [-0.39, 0.29) is 5.91 Å². The fourth-order valence-electron chi connectivity index (χ4n) is 1.39. The lowest BCUT2D eigenvalue weighted by atomic mass is 9.98. The molecule has 0 aliphatic rings. The highest BCUT2D eigenvalue weighted by molar-refractivity contribution is 9.10. The molecule has 17 heavy (non-hydrogen) atoms. The van der Waals surface area contributed by atoms with Crippen LogP contribution in [-0.2, 0) is 6.54 Å². The molecule has 1 aromatic heterocycles. The maximum absolute atomic E-state index is 12.1. The summed E-state index contributed by atoms with van der Waals surface area (Å²) in [4.78, 5) is 12.1. The van der Waals surface area contributed by atoms with Crippen LogP contribution in [0.25, 0.3) is 0 Å². The molecule has 1 unspecified atom stereocenters. The molecule has 96 valence electrons. The minimum Gasteiger partial charge on any atom is -0.391 e. The first-order valence-corrected chi connectivity index (χ1v) is 6.43. The molecule has 1 atom stereocenters. The Balaban J connectivity index is 2.90. The van der Waals surface area contributed by atoms with Crippen LogP contribution in [0, 0.1) is 0 Å². The number of amides is 1. The molecule has 0 radical (unpaired) electrons. The van der Waals surface area contributed by atoms with Gasteiger partial charge in [0, 0.05) is 17.2 Å². The molecule has 0 aliphatic heterocycles. The molecular formula is C12H19BrN2O2. The molecule has 0 saturated carbocycles. The van der Waals surface area contributed by atoms with Gasteiger partial charge in [-0.1, -0.05) is 0 Å². The van der Waals surface area contributed by atoms with Crippen LogP contribution in [-0.4, -0.2) is 27.2 Å². The zero-order valence-electron chi connectivity index (χ0n) is 10.6. The smallest absolute Gasteiger partial charge is 0.268 e. The summed E-state index contributed by atoms with van der Waals surface area (Å²) in [6, 6.07) is 1.77. The highest BCUT2D eigenvalue weighted by Crippen LogP contribution is 2.16. The fraction of sp³-hybridized carbons (Fsp3) is 0.583. The zero-order valence-corrected chi connectivity index (χ0v) is 12.2. The summed E-state index contributed by atoms with van der Waals surface area (Å²) in [7, 11) is 0. The van der Waals surface area contributed by atoms with E-state index in [1.54, 1.807) is 26.8 Å². The van der Waals surface area contributed by atoms with Crippen LogP contribution in [0.15, 0.2) is 16.7 Å². The van der Waals surface area contributed by atoms with Gasteiger partial charge in [-0.2, -0.15) is 0 Å². The minimum absolute atomic E-state index is 0.177. The maximum Gasteiger partial charge on any atom is 0.268 e. The Morgan fingerprint density at radius 3 is 2.71 bits per heavy atom. The zero-order chi connectivity index (χ0) is 13.2. The van der Waals surface area contributed by atoms with Crippen LogP contribution in [0.1, 0.15) is 38.2 Å². The number of aryl methyl sites for hydroxylation is 1. The van der Waals surface area contributed by atoms with E-state index in [2.05, 4.69) is 21.2 Å². The van der Waals surface area contributed by atoms with E-state index < -0.39 is 11.6 Å². The standard InChI is InChI=1S/C12H19BrN2O2/c1-5-15-7-9(13)6-10(15)11(17)14-12(3,4)8(2)16/h6-8,16H,5H2,1-4H3,(H,14,17). The maximum atomic E-state index is 12.1. The summed E-state index contributed by atoms with van der Waals surface area (Å²) in [6.07, 6.45) is 1.25. The molecule has 0 aliphatic carbocycles. The van der Waals surface area contributed by atoms with E-state index >= 15 is 0 Å². The van der Waals surface area contributed by atoms with Crippen LogP contribution in [0.3, 0.4) is 0 Å². The first kappa shape index (κ1) is 14.3. The Kier molecular flexibility index (Phi) is 4.38. The third-order valence-electron chi connectivity index (χ3n) is 2.92. The van der Waals surface area contributed by atoms with Gasteiger partial charge in [-0.25, -0.2) is 0 Å². The number of hydrogen-bond acceptors (Lipinski definition) is 2. The number of nitrogens with one attached hydrogen (secondary N) is 1. The predicted octanol–water partition coefficient (Wildman–Crippen LogP) is 2.16. The summed E-state index contributed by atoms with van der Waals surface area (Å²) in [5, 5.41) is 12.4. The largest absolute Gasteiger partial charge is 0.391 e. The van der Waals surface area contributed by atoms with Gasteiger partial charge >= 0.3 is 0 Å². The van der Waals surface area contributed by atoms with Crippen LogP contribution >= 0.6 is 15.9 Å². The Morgan fingerprint density at radius 2 is 2.24 bits per heavy atom. The van der Waals surface area contributed by atoms with Crippen molar-refractivity contribution in [1.82, 2.24) is 9.88 Å². The fourth-order valence-corrected chi connectivity index (χ4v) is 1.85. The van der Waals surface area contributed by atoms with Crippen molar-refractivity contribution in [2.24, 2.45) is 0 Å². The summed E-state index contributed by atoms with van der Waals surface area (Å²) in [5.74, 6) is -0.177. The van der Waals surface area contributed by atoms with Crippen molar-refractivity contribution >= 4 is 21.8 Å². The third-order valence-corrected chi connectivity index (χ3v) is 3.35. The van der Waals surface area contributed by atoms with E-state index in [0.717, 1.165) is 11.0 Å². The van der Waals surface area contributed by atoms with Crippen LogP contribution in [0.2, 0.25) is 0 Å². The van der Waals surface area contributed by atoms with E-state index in [1.807, 2.05) is 17.7 Å². The van der Waals surface area contributed by atoms with Crippen molar-refractivity contribution in [3.8, 4) is 0 Å². The van der Waals surface area contributed by atoms with E-state index in [1.165, 1.54) is 0 Å². The van der Waals surface area contributed by atoms with Gasteiger partial charge in [0.2, 0.25) is 0 Å². The summed E-state index contributed by atoms with van der Waals surface area (Å²) >= 11 is 3.35. The average Bonchev–Trinajstić information content (AvgIpc) is 2.58. The molecular weight excluding hydrogens is 284 g/mol. The summed E-state index contributed by atoms with van der Waals surface area (Å²) in [6.45, 7) is 7.95. The Labute approximate surface area is 110 Å². The molecule has 1 rings (SSSR count). The van der Waals surface area contributed by atoms with E-state index in [4.69, 9.17) is 0 Å². The van der Waals surface area contributed by atoms with Crippen molar-refractivity contribution in [2.45, 2.75) is 45.9 Å². The van der Waals surface area contributed by atoms with Gasteiger partial charge in [-0.15, -0.1) is 0 Å². The molecule has 4 nitrogen and oxygen atoms in total. The highest BCUT2D eigenvalue weighted by atomic mass is 79.9. The summed E-state index contributed by atoms with van der Waals surface area (Å²) in [5.41, 5.74) is -0.0556. The molecule has 0 aromatic carbocycles. The van der Waals surface area contributed by atoms with Crippen molar-refractivity contribution in [1.29, 1.82) is 0 Å². The van der Waals surface area contributed by atoms with Gasteiger partial charge < -0.3 is 15.0 Å². The molecule has 2 N–H and O–H groups in total. The molecule has 0 bridgehead atoms. The van der Waals surface area contributed by atoms with E-state index in [0.29, 0.717) is 5.69 Å². The number of halogens is 1. The average molecular weight is 303 g/mol. The molecule has 1 aromatic rings. The summed E-state index contributed by atoms with van der Waals surface area (Å²) < 4.78 is 2.73. The van der Waals surface area contributed by atoms with Crippen molar-refractivity contribution < 1.29 is 9.90 Å². The van der Waals surface area contributed by atoms with Crippen molar-refractivity contribution in [3.05, 3.63) is 22.4 Å². The highest BCUT2D eigenvalue weighted by Gasteiger charge is 2.27. The number of aromatic nitrogens is 1. The molecule has 0 saturated heterocycles. The molecule has 1 heterocycles. The van der Waals surface area contributed by atoms with Crippen LogP contribution in [0.5, 0.6) is 0 Å². The number of rotatable bonds is 4. The van der Waals surface area contributed by atoms with Crippen molar-refractivity contribution in [3.63, 3.8) is 0 Å². The Bertz CT molecular complexity index is 411. The quantitative estimate of drug-likeness (QED) is 0.895. The number of carbonyl (C=O) groups excluding carboxylic acids is 1. The van der Waals surface area contributed by atoms with E-state index in [9.17, 15) is 9.90 Å². The van der Waals surface area contributed by atoms with Gasteiger partial charge in [-0.05, 0) is 49.7 Å². The Morgan fingerprint density at radius 1 is 1.65 bits per heavy atom. The first-order valence-electron chi connectivity index (χ1n) is 5.64. The third kappa shape index (κ3) is 3.33. The lowest BCUT2D eigenvalue weighted by Gasteiger charge is -2.29. The Hall–Kier alpha value is -0.810. The lowest BCUT2D eigenvalue weighted by molar-refractivity contribution is 0.0702. The molecule has 0 spiro atoms. The second kappa shape index (κ2) is 5.23. The second-order valence-corrected chi connectivity index (χ2v) is 5.60. The number of aliphatic hydroxyl groups is 1. The van der Waals surface area contributed by atoms with Gasteiger partial charge in [0.25, 0.3) is 5.91 Å². The second-order valence-electron chi connectivity index (χ2n) is 4.68. The SMILES string of the molecule is CCn1cc(Br)cc1C(=O)NC(C)(C)C(C)O. The lowest BCUT2D eigenvalue weighted by Crippen LogP contribution is -2.51. The van der Waals surface area contributed by atoms with Gasteiger partial charge in [0.05, 0.1) is 11.6 Å². The number of aliphatic hydroxyl groups excluding tert-OH is 1. The monoisotopic (exact) mass is 302 g/mol. The predicted molar refractivity (Wildman–Crippen MR) is 71.0 cm³/mol. The number of hydrogen-bond donors (Lipinski definition) is 2. The number of nitrogens with zero attached hydrogens (tertiary/aromatic N) is 1. The topological polar surface area (TPSA) is 54.3 Å². The normalized spacial score (nSPS) is 13.5. The van der Waals surface area contributed by atoms with Gasteiger partial charge in [0.15, 0.2) is 0 Å². The minimum atomic E-state index is -0.646. The van der Waals surface area contributed by atoms with Gasteiger partial charge in [-0.3, -0.25) is 4.79 Å². The molecule has 1 amide bonds. The molecule has 0 fully saturated rings. The number of carbonyl (C=O) groups is 1.